The average molecular weight is 395 g/mol. The number of thiazole rings is 1. The molecule has 0 unspecified atom stereocenters. The molecule has 0 spiro atoms. The molecule has 0 fully saturated rings. The van der Waals surface area contributed by atoms with Crippen LogP contribution in [0.15, 0.2) is 58.3 Å². The maximum atomic E-state index is 12.7. The summed E-state index contributed by atoms with van der Waals surface area (Å²) in [5.74, 6) is -0.592. The number of aromatic nitrogens is 2. The average Bonchev–Trinajstić information content (AvgIpc) is 3.23. The molecule has 7 heteroatoms. The Balaban J connectivity index is 1.84. The Labute approximate surface area is 166 Å². The second kappa shape index (κ2) is 9.23. The summed E-state index contributed by atoms with van der Waals surface area (Å²) < 4.78 is 1.42. The quantitative estimate of drug-likeness (QED) is 0.595. The summed E-state index contributed by atoms with van der Waals surface area (Å²) in [6.45, 7) is 0.295. The molecule has 0 saturated carbocycles. The van der Waals surface area contributed by atoms with Gasteiger partial charge in [-0.2, -0.15) is 0 Å². The lowest BCUT2D eigenvalue weighted by atomic mass is 10.0. The van der Waals surface area contributed by atoms with E-state index in [0.29, 0.717) is 24.9 Å². The smallest absolute Gasteiger partial charge is 0.263 e. The predicted octanol–water partition coefficient (Wildman–Crippen LogP) is 2.92. The highest BCUT2D eigenvalue weighted by atomic mass is 32.1. The zero-order chi connectivity index (χ0) is 19.9. The number of nitrogens with one attached hydrogen (secondary N) is 1. The van der Waals surface area contributed by atoms with E-state index in [9.17, 15) is 14.4 Å². The van der Waals surface area contributed by atoms with Gasteiger partial charge in [0.15, 0.2) is 5.78 Å². The molecule has 1 aromatic carbocycles. The first-order chi connectivity index (χ1) is 13.6. The molecule has 0 saturated heterocycles. The molecule has 0 aliphatic heterocycles. The normalized spacial score (nSPS) is 10.6. The molecule has 1 N–H and O–H groups in total. The molecule has 0 bridgehead atoms. The van der Waals surface area contributed by atoms with Crippen LogP contribution in [0.3, 0.4) is 0 Å². The molecule has 28 heavy (non-hydrogen) atoms. The molecule has 1 amide bonds. The minimum absolute atomic E-state index is 0.0243. The van der Waals surface area contributed by atoms with Crippen LogP contribution < -0.4 is 10.9 Å². The number of hydrogen-bond acceptors (Lipinski definition) is 5. The zero-order valence-electron chi connectivity index (χ0n) is 15.6. The number of rotatable bonds is 8. The molecule has 0 aliphatic rings. The van der Waals surface area contributed by atoms with Crippen molar-refractivity contribution in [3.63, 3.8) is 0 Å². The van der Waals surface area contributed by atoms with Crippen molar-refractivity contribution in [2.45, 2.75) is 25.8 Å². The van der Waals surface area contributed by atoms with Gasteiger partial charge in [0.05, 0.1) is 17.7 Å². The summed E-state index contributed by atoms with van der Waals surface area (Å²) in [6, 6.07) is 10.8. The zero-order valence-corrected chi connectivity index (χ0v) is 16.4. The van der Waals surface area contributed by atoms with Gasteiger partial charge in [-0.05, 0) is 24.5 Å². The van der Waals surface area contributed by atoms with E-state index in [4.69, 9.17) is 0 Å². The first-order valence-electron chi connectivity index (χ1n) is 8.99. The van der Waals surface area contributed by atoms with E-state index in [1.807, 2.05) is 35.7 Å². The van der Waals surface area contributed by atoms with Crippen molar-refractivity contribution in [3.05, 3.63) is 86.2 Å². The minimum atomic E-state index is -0.496. The van der Waals surface area contributed by atoms with Gasteiger partial charge in [-0.3, -0.25) is 14.4 Å². The monoisotopic (exact) mass is 395 g/mol. The Morgan fingerprint density at radius 1 is 1.21 bits per heavy atom. The summed E-state index contributed by atoms with van der Waals surface area (Å²) in [5.41, 5.74) is 3.59. The van der Waals surface area contributed by atoms with E-state index >= 15 is 0 Å². The SMILES string of the molecule is CNC(=O)c1cc(C(=O)CCCc2cscn2)cn(Cc2ccccc2)c1=O. The molecule has 0 aliphatic carbocycles. The van der Waals surface area contributed by atoms with Crippen molar-refractivity contribution in [2.75, 3.05) is 7.05 Å². The molecule has 2 aromatic heterocycles. The second-order valence-electron chi connectivity index (χ2n) is 6.40. The van der Waals surface area contributed by atoms with E-state index in [0.717, 1.165) is 17.7 Å². The van der Waals surface area contributed by atoms with Gasteiger partial charge in [0.1, 0.15) is 5.56 Å². The van der Waals surface area contributed by atoms with E-state index in [1.54, 1.807) is 11.7 Å². The number of nitrogens with zero attached hydrogens (tertiary/aromatic N) is 2. The number of Topliss-reactive ketones (excluding diaryl/α,β-unsaturated/α-hetero) is 1. The summed E-state index contributed by atoms with van der Waals surface area (Å²) in [4.78, 5) is 41.7. The molecular weight excluding hydrogens is 374 g/mol. The number of carbonyl (C=O) groups excluding carboxylic acids is 2. The summed E-state index contributed by atoms with van der Waals surface area (Å²) in [7, 11) is 1.46. The predicted molar refractivity (Wildman–Crippen MR) is 109 cm³/mol. The molecule has 3 rings (SSSR count). The number of pyridine rings is 1. The van der Waals surface area contributed by atoms with E-state index in [1.165, 1.54) is 29.0 Å². The second-order valence-corrected chi connectivity index (χ2v) is 7.12. The molecule has 3 aromatic rings. The maximum Gasteiger partial charge on any atom is 0.263 e. The van der Waals surface area contributed by atoms with Crippen LogP contribution in [0, 0.1) is 0 Å². The Morgan fingerprint density at radius 3 is 2.68 bits per heavy atom. The third kappa shape index (κ3) is 4.80. The lowest BCUT2D eigenvalue weighted by Crippen LogP contribution is -2.32. The van der Waals surface area contributed by atoms with Crippen LogP contribution in [0.4, 0.5) is 0 Å². The van der Waals surface area contributed by atoms with Gasteiger partial charge in [-0.15, -0.1) is 11.3 Å². The van der Waals surface area contributed by atoms with Crippen molar-refractivity contribution in [3.8, 4) is 0 Å². The summed E-state index contributed by atoms with van der Waals surface area (Å²) in [5, 5.41) is 4.44. The van der Waals surface area contributed by atoms with Crippen LogP contribution in [0.2, 0.25) is 0 Å². The lowest BCUT2D eigenvalue weighted by molar-refractivity contribution is 0.0961. The number of carbonyl (C=O) groups is 2. The van der Waals surface area contributed by atoms with Gasteiger partial charge in [0.2, 0.25) is 0 Å². The highest BCUT2D eigenvalue weighted by molar-refractivity contribution is 7.07. The highest BCUT2D eigenvalue weighted by Gasteiger charge is 2.17. The van der Waals surface area contributed by atoms with Gasteiger partial charge in [0.25, 0.3) is 11.5 Å². The number of amides is 1. The van der Waals surface area contributed by atoms with Crippen molar-refractivity contribution >= 4 is 23.0 Å². The van der Waals surface area contributed by atoms with Crippen LogP contribution in [0.1, 0.15) is 44.8 Å². The Morgan fingerprint density at radius 2 is 2.00 bits per heavy atom. The fourth-order valence-electron chi connectivity index (χ4n) is 2.92. The molecule has 2 heterocycles. The Bertz CT molecular complexity index is 1010. The third-order valence-electron chi connectivity index (χ3n) is 4.40. The van der Waals surface area contributed by atoms with E-state index in [2.05, 4.69) is 10.3 Å². The summed E-state index contributed by atoms with van der Waals surface area (Å²) in [6.07, 6.45) is 3.26. The first kappa shape index (κ1) is 19.7. The Kier molecular flexibility index (Phi) is 6.49. The van der Waals surface area contributed by atoms with Crippen molar-refractivity contribution in [1.82, 2.24) is 14.9 Å². The van der Waals surface area contributed by atoms with Crippen molar-refractivity contribution in [2.24, 2.45) is 0 Å². The van der Waals surface area contributed by atoms with E-state index < -0.39 is 11.5 Å². The van der Waals surface area contributed by atoms with Gasteiger partial charge in [-0.25, -0.2) is 4.98 Å². The van der Waals surface area contributed by atoms with E-state index in [-0.39, 0.29) is 11.3 Å². The minimum Gasteiger partial charge on any atom is -0.355 e. The van der Waals surface area contributed by atoms with Gasteiger partial charge in [-0.1, -0.05) is 30.3 Å². The van der Waals surface area contributed by atoms with Gasteiger partial charge < -0.3 is 9.88 Å². The number of ketones is 1. The third-order valence-corrected chi connectivity index (χ3v) is 5.03. The van der Waals surface area contributed by atoms with Crippen LogP contribution in [-0.2, 0) is 13.0 Å². The standard InChI is InChI=1S/C21H21N3O3S/c1-22-20(26)18-10-16(19(25)9-5-8-17-13-28-14-23-17)12-24(21(18)27)11-15-6-3-2-4-7-15/h2-4,6-7,10,12-14H,5,8-9,11H2,1H3,(H,22,26). The van der Waals surface area contributed by atoms with Crippen LogP contribution in [0.25, 0.3) is 0 Å². The highest BCUT2D eigenvalue weighted by Crippen LogP contribution is 2.11. The maximum absolute atomic E-state index is 12.7. The lowest BCUT2D eigenvalue weighted by Gasteiger charge is -2.11. The van der Waals surface area contributed by atoms with Crippen molar-refractivity contribution < 1.29 is 9.59 Å². The number of aryl methyl sites for hydroxylation is 1. The van der Waals surface area contributed by atoms with Gasteiger partial charge in [0, 0.05) is 30.6 Å². The van der Waals surface area contributed by atoms with Gasteiger partial charge >= 0.3 is 0 Å². The van der Waals surface area contributed by atoms with Crippen LogP contribution in [0.5, 0.6) is 0 Å². The van der Waals surface area contributed by atoms with Crippen LogP contribution >= 0.6 is 11.3 Å². The molecule has 144 valence electrons. The van der Waals surface area contributed by atoms with Crippen LogP contribution in [-0.4, -0.2) is 28.3 Å². The molecule has 0 atom stereocenters. The first-order valence-corrected chi connectivity index (χ1v) is 9.93. The topological polar surface area (TPSA) is 81.1 Å². The fourth-order valence-corrected chi connectivity index (χ4v) is 3.51. The molecular formula is C21H21N3O3S. The summed E-state index contributed by atoms with van der Waals surface area (Å²) >= 11 is 1.53. The molecule has 6 nitrogen and oxygen atoms in total. The number of benzene rings is 1. The Hall–Kier alpha value is -3.06. The number of hydrogen-bond donors (Lipinski definition) is 1. The van der Waals surface area contributed by atoms with Crippen molar-refractivity contribution in [1.29, 1.82) is 0 Å². The largest absolute Gasteiger partial charge is 0.355 e. The fraction of sp³-hybridized carbons (Fsp3) is 0.238. The molecule has 0 radical (unpaired) electrons.